The van der Waals surface area contributed by atoms with E-state index in [9.17, 15) is 12.9 Å². The predicted octanol–water partition coefficient (Wildman–Crippen LogP) is 2.16. The Balaban J connectivity index is 2.04. The van der Waals surface area contributed by atoms with Gasteiger partial charge >= 0.3 is 6.98 Å². The van der Waals surface area contributed by atoms with E-state index in [1.165, 1.54) is 12.1 Å². The molecule has 0 saturated carbocycles. The van der Waals surface area contributed by atoms with Crippen molar-refractivity contribution in [2.45, 2.75) is 6.42 Å². The molecule has 0 aliphatic carbocycles. The molecule has 0 radical (unpaired) electrons. The van der Waals surface area contributed by atoms with E-state index >= 15 is 0 Å². The number of hydrogen-bond donors (Lipinski definition) is 0. The fourth-order valence-electron chi connectivity index (χ4n) is 1.80. The summed E-state index contributed by atoms with van der Waals surface area (Å²) in [5.74, 6) is 0.121. The van der Waals surface area contributed by atoms with Crippen molar-refractivity contribution < 1.29 is 22.4 Å². The monoisotopic (exact) mass is 245 g/mol. The van der Waals surface area contributed by atoms with Gasteiger partial charge in [-0.15, -0.1) is 0 Å². The minimum absolute atomic E-state index is 0.0769. The normalized spacial score (nSPS) is 20.5. The number of ether oxygens (including phenoxy) is 2. The molecule has 2 nitrogen and oxygen atoms in total. The first-order valence-electron chi connectivity index (χ1n) is 5.57. The van der Waals surface area contributed by atoms with Gasteiger partial charge in [0, 0.05) is 12.5 Å². The highest BCUT2D eigenvalue weighted by molar-refractivity contribution is 6.74. The molecular formula is C11H13BF3O2-. The molecule has 1 aromatic rings. The van der Waals surface area contributed by atoms with Gasteiger partial charge in [0.1, 0.15) is 0 Å². The van der Waals surface area contributed by atoms with Crippen LogP contribution >= 0.6 is 0 Å². The Hall–Kier alpha value is -1.17. The van der Waals surface area contributed by atoms with Crippen LogP contribution in [0.1, 0.15) is 6.42 Å². The fourth-order valence-corrected chi connectivity index (χ4v) is 1.80. The van der Waals surface area contributed by atoms with Gasteiger partial charge < -0.3 is 22.4 Å². The van der Waals surface area contributed by atoms with Crippen molar-refractivity contribution >= 4 is 12.4 Å². The number of hydrogen-bond acceptors (Lipinski definition) is 2. The van der Waals surface area contributed by atoms with E-state index in [1.807, 2.05) is 0 Å². The van der Waals surface area contributed by atoms with Crippen molar-refractivity contribution in [3.8, 4) is 5.75 Å². The van der Waals surface area contributed by atoms with Crippen molar-refractivity contribution in [1.82, 2.24) is 0 Å². The Morgan fingerprint density at radius 2 is 2.06 bits per heavy atom. The van der Waals surface area contributed by atoms with Crippen LogP contribution in [0.2, 0.25) is 0 Å². The molecule has 2 rings (SSSR count). The maximum atomic E-state index is 12.7. The summed E-state index contributed by atoms with van der Waals surface area (Å²) in [7, 11) is 0. The molecular weight excluding hydrogens is 232 g/mol. The summed E-state index contributed by atoms with van der Waals surface area (Å²) in [5.41, 5.74) is -0.661. The molecule has 1 saturated heterocycles. The lowest BCUT2D eigenvalue weighted by molar-refractivity contribution is 0.167. The standard InChI is InChI=1S/C11H13BF3O2/c13-12(14,15)10-3-1-2-4-11(10)17-8-9-5-6-16-7-9/h1-4,9H,5-8H2/q-1. The van der Waals surface area contributed by atoms with Crippen LogP contribution in [0.25, 0.3) is 0 Å². The summed E-state index contributed by atoms with van der Waals surface area (Å²) in [6.45, 7) is -3.50. The van der Waals surface area contributed by atoms with E-state index in [2.05, 4.69) is 0 Å². The molecule has 94 valence electrons. The minimum Gasteiger partial charge on any atom is -0.496 e. The second kappa shape index (κ2) is 5.00. The van der Waals surface area contributed by atoms with Crippen molar-refractivity contribution in [1.29, 1.82) is 0 Å². The van der Waals surface area contributed by atoms with E-state index < -0.39 is 12.4 Å². The first kappa shape index (κ1) is 12.3. The summed E-state index contributed by atoms with van der Waals surface area (Å²) in [4.78, 5) is 0. The third-order valence-electron chi connectivity index (χ3n) is 2.77. The minimum atomic E-state index is -5.02. The van der Waals surface area contributed by atoms with Gasteiger partial charge in [-0.1, -0.05) is 23.7 Å². The Bertz CT molecular complexity index is 375. The van der Waals surface area contributed by atoms with Crippen LogP contribution in [0, 0.1) is 5.92 Å². The molecule has 1 atom stereocenters. The number of para-hydroxylation sites is 1. The van der Waals surface area contributed by atoms with Crippen LogP contribution < -0.4 is 10.2 Å². The molecule has 1 unspecified atom stereocenters. The van der Waals surface area contributed by atoms with Gasteiger partial charge in [-0.2, -0.15) is 0 Å². The van der Waals surface area contributed by atoms with E-state index in [4.69, 9.17) is 9.47 Å². The summed E-state index contributed by atoms with van der Waals surface area (Å²) in [5, 5.41) is 0. The van der Waals surface area contributed by atoms with Crippen molar-refractivity contribution in [3.05, 3.63) is 24.3 Å². The fraction of sp³-hybridized carbons (Fsp3) is 0.455. The third-order valence-corrected chi connectivity index (χ3v) is 2.77. The average molecular weight is 245 g/mol. The Kier molecular flexibility index (Phi) is 3.62. The zero-order valence-electron chi connectivity index (χ0n) is 9.24. The van der Waals surface area contributed by atoms with E-state index in [0.717, 1.165) is 12.5 Å². The van der Waals surface area contributed by atoms with Gasteiger partial charge in [-0.05, 0) is 12.5 Å². The maximum Gasteiger partial charge on any atom is 0.513 e. The first-order valence-corrected chi connectivity index (χ1v) is 5.57. The summed E-state index contributed by atoms with van der Waals surface area (Å²) < 4.78 is 48.5. The van der Waals surface area contributed by atoms with Crippen molar-refractivity contribution in [3.63, 3.8) is 0 Å². The summed E-state index contributed by atoms with van der Waals surface area (Å²) in [6, 6.07) is 5.34. The second-order valence-electron chi connectivity index (χ2n) is 4.15. The first-order chi connectivity index (χ1) is 8.07. The predicted molar refractivity (Wildman–Crippen MR) is 59.6 cm³/mol. The SMILES string of the molecule is F[B-](F)(F)c1ccccc1OCC1CCOC1. The quantitative estimate of drug-likeness (QED) is 0.756. The molecule has 0 N–H and O–H groups in total. The van der Waals surface area contributed by atoms with Crippen molar-refractivity contribution in [2.24, 2.45) is 5.92 Å². The number of benzene rings is 1. The Morgan fingerprint density at radius 3 is 2.71 bits per heavy atom. The summed E-state index contributed by atoms with van der Waals surface area (Å²) in [6.07, 6.45) is 0.847. The lowest BCUT2D eigenvalue weighted by atomic mass is 9.79. The van der Waals surface area contributed by atoms with Gasteiger partial charge in [0.25, 0.3) is 0 Å². The van der Waals surface area contributed by atoms with Gasteiger partial charge in [0.15, 0.2) is 0 Å². The summed E-state index contributed by atoms with van der Waals surface area (Å²) >= 11 is 0. The van der Waals surface area contributed by atoms with Gasteiger partial charge in [-0.3, -0.25) is 0 Å². The molecule has 1 aliphatic heterocycles. The molecule has 1 fully saturated rings. The van der Waals surface area contributed by atoms with Crippen molar-refractivity contribution in [2.75, 3.05) is 19.8 Å². The molecule has 0 aromatic heterocycles. The van der Waals surface area contributed by atoms with Crippen LogP contribution in [0.4, 0.5) is 12.9 Å². The van der Waals surface area contributed by atoms with Crippen LogP contribution in [-0.2, 0) is 4.74 Å². The highest BCUT2D eigenvalue weighted by atomic mass is 19.4. The Labute approximate surface area is 97.8 Å². The number of halogens is 3. The van der Waals surface area contributed by atoms with Crippen LogP contribution in [0.5, 0.6) is 5.75 Å². The topological polar surface area (TPSA) is 18.5 Å². The molecule has 1 heterocycles. The maximum absolute atomic E-state index is 12.7. The molecule has 1 aliphatic rings. The second-order valence-corrected chi connectivity index (χ2v) is 4.15. The highest BCUT2D eigenvalue weighted by Crippen LogP contribution is 2.19. The molecule has 17 heavy (non-hydrogen) atoms. The molecule has 0 amide bonds. The van der Waals surface area contributed by atoms with Crippen LogP contribution in [-0.4, -0.2) is 26.8 Å². The molecule has 6 heteroatoms. The largest absolute Gasteiger partial charge is 0.513 e. The van der Waals surface area contributed by atoms with E-state index in [0.29, 0.717) is 13.2 Å². The average Bonchev–Trinajstić information content (AvgIpc) is 2.78. The number of rotatable bonds is 4. The zero-order valence-corrected chi connectivity index (χ0v) is 9.24. The Morgan fingerprint density at radius 1 is 1.29 bits per heavy atom. The molecule has 0 bridgehead atoms. The zero-order chi connectivity index (χ0) is 12.3. The van der Waals surface area contributed by atoms with Crippen LogP contribution in [0.15, 0.2) is 24.3 Å². The smallest absolute Gasteiger partial charge is 0.496 e. The van der Waals surface area contributed by atoms with Gasteiger partial charge in [0.05, 0.1) is 19.0 Å². The molecule has 1 aromatic carbocycles. The molecule has 0 spiro atoms. The lowest BCUT2D eigenvalue weighted by Crippen LogP contribution is -2.35. The van der Waals surface area contributed by atoms with E-state index in [1.54, 1.807) is 6.07 Å². The van der Waals surface area contributed by atoms with Crippen LogP contribution in [0.3, 0.4) is 0 Å². The van der Waals surface area contributed by atoms with Gasteiger partial charge in [-0.25, -0.2) is 0 Å². The van der Waals surface area contributed by atoms with E-state index in [-0.39, 0.29) is 18.3 Å². The third kappa shape index (κ3) is 3.15. The highest BCUT2D eigenvalue weighted by Gasteiger charge is 2.29. The van der Waals surface area contributed by atoms with Gasteiger partial charge in [0.2, 0.25) is 0 Å². The lowest BCUT2D eigenvalue weighted by Gasteiger charge is -2.20.